The average Bonchev–Trinajstić information content (AvgIpc) is 3.83. The SMILES string of the molecule is c1ccc(C2N=C(c3ccc(-c4ccc5c(c4)-c4oc6c7ccccc7n(-c7ccccc7)c6c4C(c4ccccc4)N5)cc3)NC(c3ccccc3)N2)cc1. The minimum atomic E-state index is -0.181. The van der Waals surface area contributed by atoms with E-state index in [0.717, 1.165) is 83.9 Å². The van der Waals surface area contributed by atoms with Crippen LogP contribution in [-0.2, 0) is 0 Å². The van der Waals surface area contributed by atoms with E-state index >= 15 is 0 Å². The molecule has 0 aliphatic carbocycles. The first-order valence-electron chi connectivity index (χ1n) is 19.1. The molecule has 9 aromatic rings. The molecule has 7 aromatic carbocycles. The minimum absolute atomic E-state index is 0.0877. The summed E-state index contributed by atoms with van der Waals surface area (Å²) in [5.41, 5.74) is 14.2. The molecule has 3 N–H and O–H groups in total. The number of anilines is 1. The second-order valence-electron chi connectivity index (χ2n) is 14.5. The fourth-order valence-corrected chi connectivity index (χ4v) is 8.44. The molecular weight excluding hydrogens is 687 g/mol. The summed E-state index contributed by atoms with van der Waals surface area (Å²) in [7, 11) is 0. The van der Waals surface area contributed by atoms with Crippen molar-refractivity contribution in [2.75, 3.05) is 5.32 Å². The maximum absolute atomic E-state index is 7.08. The van der Waals surface area contributed by atoms with Crippen molar-refractivity contribution in [3.63, 3.8) is 0 Å². The first-order valence-corrected chi connectivity index (χ1v) is 19.1. The lowest BCUT2D eigenvalue weighted by atomic mass is 9.89. The summed E-state index contributed by atoms with van der Waals surface area (Å²) in [6.07, 6.45) is -0.269. The van der Waals surface area contributed by atoms with Crippen LogP contribution in [-0.4, -0.2) is 10.4 Å². The van der Waals surface area contributed by atoms with Crippen LogP contribution in [0.4, 0.5) is 5.69 Å². The van der Waals surface area contributed by atoms with E-state index in [1.54, 1.807) is 0 Å². The smallest absolute Gasteiger partial charge is 0.161 e. The lowest BCUT2D eigenvalue weighted by molar-refractivity contribution is 0.409. The molecule has 2 aromatic heterocycles. The molecule has 2 aliphatic heterocycles. The number of benzene rings is 7. The third kappa shape index (κ3) is 5.42. The highest BCUT2D eigenvalue weighted by molar-refractivity contribution is 6.10. The van der Waals surface area contributed by atoms with Crippen LogP contribution in [0.25, 0.3) is 50.1 Å². The topological polar surface area (TPSA) is 66.5 Å². The predicted molar refractivity (Wildman–Crippen MR) is 227 cm³/mol. The number of nitrogens with one attached hydrogen (secondary N) is 3. The lowest BCUT2D eigenvalue weighted by Gasteiger charge is -2.32. The molecular formula is C50H37N5O. The van der Waals surface area contributed by atoms with E-state index in [2.05, 4.69) is 196 Å². The first-order chi connectivity index (χ1) is 27.8. The summed E-state index contributed by atoms with van der Waals surface area (Å²) in [4.78, 5) is 5.15. The van der Waals surface area contributed by atoms with Crippen LogP contribution in [0, 0.1) is 0 Å². The largest absolute Gasteiger partial charge is 0.453 e. The van der Waals surface area contributed by atoms with Gasteiger partial charge in [-0.15, -0.1) is 0 Å². The number of hydrogen-bond donors (Lipinski definition) is 3. The molecule has 4 heterocycles. The molecule has 3 atom stereocenters. The molecule has 0 bridgehead atoms. The van der Waals surface area contributed by atoms with Gasteiger partial charge in [0.05, 0.1) is 22.6 Å². The van der Waals surface area contributed by atoms with Gasteiger partial charge in [-0.3, -0.25) is 5.32 Å². The number of aliphatic imine (C=N–C) groups is 1. The van der Waals surface area contributed by atoms with Gasteiger partial charge in [-0.1, -0.05) is 152 Å². The molecule has 2 aliphatic rings. The summed E-state index contributed by atoms with van der Waals surface area (Å²) in [5.74, 6) is 1.76. The zero-order valence-corrected chi connectivity index (χ0v) is 30.4. The van der Waals surface area contributed by atoms with Gasteiger partial charge in [0.1, 0.15) is 23.9 Å². The number of nitrogens with zero attached hydrogens (tertiary/aromatic N) is 2. The van der Waals surface area contributed by atoms with E-state index in [1.807, 2.05) is 12.1 Å². The number of para-hydroxylation sites is 2. The molecule has 0 saturated carbocycles. The highest BCUT2D eigenvalue weighted by Gasteiger charge is 2.35. The summed E-state index contributed by atoms with van der Waals surface area (Å²) in [5, 5.41) is 12.4. The van der Waals surface area contributed by atoms with E-state index in [4.69, 9.17) is 9.41 Å². The Labute approximate surface area is 324 Å². The Bertz CT molecular complexity index is 2880. The fraction of sp³-hybridized carbons (Fsp3) is 0.0600. The predicted octanol–water partition coefficient (Wildman–Crippen LogP) is 11.6. The maximum atomic E-state index is 7.08. The lowest BCUT2D eigenvalue weighted by Crippen LogP contribution is -2.44. The molecule has 0 fully saturated rings. The van der Waals surface area contributed by atoms with E-state index in [9.17, 15) is 0 Å². The molecule has 3 unspecified atom stereocenters. The zero-order chi connectivity index (χ0) is 37.0. The summed E-state index contributed by atoms with van der Waals surface area (Å²) >= 11 is 0. The molecule has 6 heteroatoms. The number of fused-ring (bicyclic) bond motifs is 7. The highest BCUT2D eigenvalue weighted by atomic mass is 16.3. The molecule has 0 amide bonds. The van der Waals surface area contributed by atoms with Gasteiger partial charge < -0.3 is 19.6 Å². The van der Waals surface area contributed by atoms with E-state index < -0.39 is 0 Å². The van der Waals surface area contributed by atoms with Gasteiger partial charge in [-0.2, -0.15) is 0 Å². The highest BCUT2D eigenvalue weighted by Crippen LogP contribution is 2.51. The minimum Gasteiger partial charge on any atom is -0.453 e. The van der Waals surface area contributed by atoms with E-state index in [-0.39, 0.29) is 18.4 Å². The van der Waals surface area contributed by atoms with Gasteiger partial charge in [0, 0.05) is 27.9 Å². The van der Waals surface area contributed by atoms with Crippen LogP contribution in [0.15, 0.2) is 197 Å². The van der Waals surface area contributed by atoms with Crippen LogP contribution in [0.5, 0.6) is 0 Å². The second kappa shape index (κ2) is 13.3. The van der Waals surface area contributed by atoms with Crippen LogP contribution in [0.2, 0.25) is 0 Å². The van der Waals surface area contributed by atoms with Gasteiger partial charge in [0.25, 0.3) is 0 Å². The molecule has 11 rings (SSSR count). The van der Waals surface area contributed by atoms with Crippen molar-refractivity contribution in [1.29, 1.82) is 0 Å². The van der Waals surface area contributed by atoms with Crippen LogP contribution in [0.3, 0.4) is 0 Å². The molecule has 0 radical (unpaired) electrons. The number of amidine groups is 1. The van der Waals surface area contributed by atoms with Crippen molar-refractivity contribution < 1.29 is 4.42 Å². The van der Waals surface area contributed by atoms with Gasteiger partial charge in [-0.25, -0.2) is 4.99 Å². The third-order valence-electron chi connectivity index (χ3n) is 11.1. The summed E-state index contributed by atoms with van der Waals surface area (Å²) in [6.45, 7) is 0. The Kier molecular flexibility index (Phi) is 7.67. The van der Waals surface area contributed by atoms with Gasteiger partial charge in [-0.05, 0) is 64.2 Å². The Balaban J connectivity index is 1.01. The average molecular weight is 724 g/mol. The molecule has 268 valence electrons. The van der Waals surface area contributed by atoms with Gasteiger partial charge >= 0.3 is 0 Å². The number of hydrogen-bond acceptors (Lipinski definition) is 5. The van der Waals surface area contributed by atoms with E-state index in [0.29, 0.717) is 0 Å². The van der Waals surface area contributed by atoms with Crippen LogP contribution >= 0.6 is 0 Å². The van der Waals surface area contributed by atoms with Gasteiger partial charge in [0.2, 0.25) is 0 Å². The Morgan fingerprint density at radius 2 is 1.14 bits per heavy atom. The second-order valence-corrected chi connectivity index (χ2v) is 14.5. The van der Waals surface area contributed by atoms with Crippen LogP contribution < -0.4 is 16.0 Å². The van der Waals surface area contributed by atoms with Crippen molar-refractivity contribution in [3.05, 3.63) is 216 Å². The van der Waals surface area contributed by atoms with Crippen molar-refractivity contribution in [3.8, 4) is 28.1 Å². The third-order valence-corrected chi connectivity index (χ3v) is 11.1. The molecule has 56 heavy (non-hydrogen) atoms. The first kappa shape index (κ1) is 32.3. The fourth-order valence-electron chi connectivity index (χ4n) is 8.44. The summed E-state index contributed by atoms with van der Waals surface area (Å²) < 4.78 is 9.44. The number of furan rings is 1. The summed E-state index contributed by atoms with van der Waals surface area (Å²) in [6, 6.07) is 66.0. The maximum Gasteiger partial charge on any atom is 0.161 e. The van der Waals surface area contributed by atoms with Crippen molar-refractivity contribution in [2.24, 2.45) is 4.99 Å². The quantitative estimate of drug-likeness (QED) is 0.160. The van der Waals surface area contributed by atoms with Crippen molar-refractivity contribution in [1.82, 2.24) is 15.2 Å². The normalized spacial score (nSPS) is 17.4. The van der Waals surface area contributed by atoms with Crippen molar-refractivity contribution >= 4 is 33.5 Å². The monoisotopic (exact) mass is 723 g/mol. The standard InChI is InChI=1S/C50H37N5O/c1-5-15-33(16-6-1)44-43-45-47(39-23-13-14-24-42(39)55(45)38-21-11-4-12-22-38)56-46(43)40-31-37(29-30-41(40)51-44)32-25-27-36(28-26-32)50-53-48(34-17-7-2-8-18-34)52-49(54-50)35-19-9-3-10-20-35/h1-31,44,48-49,51-52H,(H,53,54). The Morgan fingerprint density at radius 3 is 1.88 bits per heavy atom. The Hall–Kier alpha value is -7.15. The van der Waals surface area contributed by atoms with Crippen LogP contribution in [0.1, 0.15) is 46.2 Å². The zero-order valence-electron chi connectivity index (χ0n) is 30.4. The molecule has 0 saturated heterocycles. The van der Waals surface area contributed by atoms with Crippen molar-refractivity contribution in [2.45, 2.75) is 18.4 Å². The number of aromatic nitrogens is 1. The molecule has 6 nitrogen and oxygen atoms in total. The number of rotatable bonds is 6. The molecule has 0 spiro atoms. The van der Waals surface area contributed by atoms with E-state index in [1.165, 1.54) is 5.56 Å². The Morgan fingerprint density at radius 1 is 0.536 bits per heavy atom. The van der Waals surface area contributed by atoms with Gasteiger partial charge in [0.15, 0.2) is 5.58 Å².